The zero-order valence-electron chi connectivity index (χ0n) is 14.4. The van der Waals surface area contributed by atoms with Gasteiger partial charge in [0.15, 0.2) is 0 Å². The molecule has 23 heavy (non-hydrogen) atoms. The van der Waals surface area contributed by atoms with Crippen molar-refractivity contribution in [1.82, 2.24) is 10.2 Å². The largest absolute Gasteiger partial charge is 0.369 e. The van der Waals surface area contributed by atoms with E-state index < -0.39 is 0 Å². The summed E-state index contributed by atoms with van der Waals surface area (Å²) in [6.07, 6.45) is 2.11. The lowest BCUT2D eigenvalue weighted by molar-refractivity contribution is -0.123. The number of anilines is 1. The van der Waals surface area contributed by atoms with Crippen LogP contribution < -0.4 is 10.2 Å². The number of nitrogens with one attached hydrogen (secondary N) is 1. The third-order valence-corrected chi connectivity index (χ3v) is 5.21. The van der Waals surface area contributed by atoms with E-state index in [4.69, 9.17) is 0 Å². The van der Waals surface area contributed by atoms with E-state index in [-0.39, 0.29) is 17.9 Å². The van der Waals surface area contributed by atoms with Crippen molar-refractivity contribution in [3.05, 3.63) is 30.3 Å². The van der Waals surface area contributed by atoms with E-state index in [1.165, 1.54) is 5.69 Å². The Kier molecular flexibility index (Phi) is 5.21. The van der Waals surface area contributed by atoms with Crippen LogP contribution in [-0.4, -0.2) is 49.6 Å². The fourth-order valence-corrected chi connectivity index (χ4v) is 3.35. The Bertz CT molecular complexity index is 511. The van der Waals surface area contributed by atoms with Crippen molar-refractivity contribution >= 4 is 11.6 Å². The molecule has 0 radical (unpaired) electrons. The normalized spacial score (nSPS) is 25.9. The van der Waals surface area contributed by atoms with Crippen molar-refractivity contribution in [1.29, 1.82) is 0 Å². The average molecular weight is 315 g/mol. The Balaban J connectivity index is 1.35. The minimum absolute atomic E-state index is 0.263. The first kappa shape index (κ1) is 16.3. The van der Waals surface area contributed by atoms with Crippen LogP contribution in [0.25, 0.3) is 0 Å². The first-order valence-corrected chi connectivity index (χ1v) is 8.96. The molecule has 4 nitrogen and oxygen atoms in total. The highest BCUT2D eigenvalue weighted by atomic mass is 16.2. The summed E-state index contributed by atoms with van der Waals surface area (Å²) in [5, 5.41) is 3.17. The van der Waals surface area contributed by atoms with Crippen molar-refractivity contribution < 1.29 is 4.79 Å². The Morgan fingerprint density at radius 2 is 1.87 bits per heavy atom. The predicted molar refractivity (Wildman–Crippen MR) is 94.6 cm³/mol. The number of carbonyl (C=O) groups is 1. The zero-order valence-corrected chi connectivity index (χ0v) is 14.4. The van der Waals surface area contributed by atoms with Crippen molar-refractivity contribution in [3.63, 3.8) is 0 Å². The van der Waals surface area contributed by atoms with Gasteiger partial charge in [0.05, 0.1) is 0 Å². The Morgan fingerprint density at radius 3 is 2.48 bits per heavy atom. The van der Waals surface area contributed by atoms with Gasteiger partial charge in [-0.1, -0.05) is 25.1 Å². The number of amides is 1. The molecule has 1 aromatic rings. The van der Waals surface area contributed by atoms with Crippen molar-refractivity contribution in [2.24, 2.45) is 11.8 Å². The van der Waals surface area contributed by atoms with Gasteiger partial charge in [-0.25, -0.2) is 0 Å². The number of hydrogen-bond donors (Lipinski definition) is 1. The number of carbonyl (C=O) groups excluding carboxylic acids is 1. The Hall–Kier alpha value is -1.55. The third kappa shape index (κ3) is 4.47. The molecule has 2 aliphatic rings. The van der Waals surface area contributed by atoms with Gasteiger partial charge in [0.1, 0.15) is 0 Å². The van der Waals surface area contributed by atoms with Crippen LogP contribution in [0.3, 0.4) is 0 Å². The first-order chi connectivity index (χ1) is 11.1. The van der Waals surface area contributed by atoms with Crippen LogP contribution in [-0.2, 0) is 4.79 Å². The molecular weight excluding hydrogens is 286 g/mol. The molecule has 0 aromatic heterocycles. The summed E-state index contributed by atoms with van der Waals surface area (Å²) in [6, 6.07) is 10.9. The lowest BCUT2D eigenvalue weighted by Crippen LogP contribution is -2.47. The summed E-state index contributed by atoms with van der Waals surface area (Å²) in [6.45, 7) is 9.75. The van der Waals surface area contributed by atoms with Crippen LogP contribution in [0.2, 0.25) is 0 Å². The molecule has 1 N–H and O–H groups in total. The molecule has 3 atom stereocenters. The molecule has 1 heterocycles. The second kappa shape index (κ2) is 7.35. The average Bonchev–Trinajstić information content (AvgIpc) is 3.31. The van der Waals surface area contributed by atoms with Crippen LogP contribution in [0, 0.1) is 11.8 Å². The highest BCUT2D eigenvalue weighted by molar-refractivity contribution is 5.81. The monoisotopic (exact) mass is 315 g/mol. The summed E-state index contributed by atoms with van der Waals surface area (Å²) in [5.41, 5.74) is 1.33. The van der Waals surface area contributed by atoms with Crippen LogP contribution in [0.15, 0.2) is 30.3 Å². The summed E-state index contributed by atoms with van der Waals surface area (Å²) < 4.78 is 0. The number of para-hydroxylation sites is 1. The van der Waals surface area contributed by atoms with Gasteiger partial charge >= 0.3 is 0 Å². The standard InChI is InChI=1S/C19H29N3O/c1-15-14-18(15)19(23)20-16(2)8-9-21-10-12-22(13-11-21)17-6-4-3-5-7-17/h3-7,15-16,18H,8-14H2,1-2H3,(H,20,23). The fraction of sp³-hybridized carbons (Fsp3) is 0.632. The molecule has 2 fully saturated rings. The second-order valence-electron chi connectivity index (χ2n) is 7.18. The highest BCUT2D eigenvalue weighted by Crippen LogP contribution is 2.37. The SMILES string of the molecule is CC(CCN1CCN(c2ccccc2)CC1)NC(=O)C1CC1C. The number of hydrogen-bond acceptors (Lipinski definition) is 3. The summed E-state index contributed by atoms with van der Waals surface area (Å²) >= 11 is 0. The van der Waals surface area contributed by atoms with Gasteiger partial charge in [-0.2, -0.15) is 0 Å². The van der Waals surface area contributed by atoms with E-state index in [0.717, 1.165) is 45.6 Å². The Labute approximate surface area is 139 Å². The molecule has 1 aliphatic carbocycles. The molecule has 1 amide bonds. The van der Waals surface area contributed by atoms with E-state index in [1.54, 1.807) is 0 Å². The lowest BCUT2D eigenvalue weighted by atomic mass is 10.2. The van der Waals surface area contributed by atoms with E-state index >= 15 is 0 Å². The summed E-state index contributed by atoms with van der Waals surface area (Å²) in [7, 11) is 0. The van der Waals surface area contributed by atoms with Crippen LogP contribution in [0.1, 0.15) is 26.7 Å². The molecular formula is C19H29N3O. The van der Waals surface area contributed by atoms with Gasteiger partial charge in [0.2, 0.25) is 5.91 Å². The highest BCUT2D eigenvalue weighted by Gasteiger charge is 2.39. The van der Waals surface area contributed by atoms with Crippen LogP contribution >= 0.6 is 0 Å². The van der Waals surface area contributed by atoms with Crippen molar-refractivity contribution in [2.45, 2.75) is 32.7 Å². The van der Waals surface area contributed by atoms with E-state index in [1.807, 2.05) is 0 Å². The molecule has 1 saturated heterocycles. The van der Waals surface area contributed by atoms with Crippen molar-refractivity contribution in [2.75, 3.05) is 37.6 Å². The number of benzene rings is 1. The van der Waals surface area contributed by atoms with Gasteiger partial charge in [-0.3, -0.25) is 9.69 Å². The van der Waals surface area contributed by atoms with E-state index in [9.17, 15) is 4.79 Å². The fourth-order valence-electron chi connectivity index (χ4n) is 3.35. The minimum atomic E-state index is 0.263. The molecule has 126 valence electrons. The topological polar surface area (TPSA) is 35.6 Å². The van der Waals surface area contributed by atoms with Gasteiger partial charge < -0.3 is 10.2 Å². The lowest BCUT2D eigenvalue weighted by Gasteiger charge is -2.36. The van der Waals surface area contributed by atoms with Crippen molar-refractivity contribution in [3.8, 4) is 0 Å². The van der Waals surface area contributed by atoms with E-state index in [2.05, 4.69) is 59.3 Å². The van der Waals surface area contributed by atoms with Gasteiger partial charge in [-0.05, 0) is 37.8 Å². The first-order valence-electron chi connectivity index (χ1n) is 8.96. The molecule has 1 aliphatic heterocycles. The molecule has 3 rings (SSSR count). The summed E-state index contributed by atoms with van der Waals surface area (Å²) in [4.78, 5) is 16.9. The van der Waals surface area contributed by atoms with Gasteiger partial charge in [0.25, 0.3) is 0 Å². The number of nitrogens with zero attached hydrogens (tertiary/aromatic N) is 2. The number of rotatable bonds is 6. The zero-order chi connectivity index (χ0) is 16.2. The quantitative estimate of drug-likeness (QED) is 0.875. The maximum atomic E-state index is 11.9. The molecule has 0 bridgehead atoms. The molecule has 3 unspecified atom stereocenters. The van der Waals surface area contributed by atoms with Gasteiger partial charge in [-0.15, -0.1) is 0 Å². The third-order valence-electron chi connectivity index (χ3n) is 5.21. The predicted octanol–water partition coefficient (Wildman–Crippen LogP) is 2.36. The second-order valence-corrected chi connectivity index (χ2v) is 7.18. The Morgan fingerprint density at radius 1 is 1.22 bits per heavy atom. The molecule has 0 spiro atoms. The van der Waals surface area contributed by atoms with Gasteiger partial charge in [0, 0.05) is 50.4 Å². The minimum Gasteiger partial charge on any atom is -0.369 e. The van der Waals surface area contributed by atoms with Crippen LogP contribution in [0.4, 0.5) is 5.69 Å². The molecule has 1 aromatic carbocycles. The molecule has 1 saturated carbocycles. The van der Waals surface area contributed by atoms with E-state index in [0.29, 0.717) is 5.92 Å². The maximum absolute atomic E-state index is 11.9. The molecule has 4 heteroatoms. The summed E-state index contributed by atoms with van der Waals surface area (Å²) in [5.74, 6) is 1.14. The van der Waals surface area contributed by atoms with Crippen LogP contribution in [0.5, 0.6) is 0 Å². The maximum Gasteiger partial charge on any atom is 0.223 e. The number of piperazine rings is 1. The smallest absolute Gasteiger partial charge is 0.223 e.